The molecular weight excluding hydrogens is 328 g/mol. The largest absolute Gasteiger partial charge is 0.325 e. The van der Waals surface area contributed by atoms with Gasteiger partial charge >= 0.3 is 0 Å². The first-order valence-corrected chi connectivity index (χ1v) is 8.57. The molecule has 1 aliphatic carbocycles. The summed E-state index contributed by atoms with van der Waals surface area (Å²) in [7, 11) is 0. The molecule has 26 heavy (non-hydrogen) atoms. The summed E-state index contributed by atoms with van der Waals surface area (Å²) in [4.78, 5) is 41.5. The molecule has 132 valence electrons. The van der Waals surface area contributed by atoms with Gasteiger partial charge in [-0.2, -0.15) is 0 Å². The van der Waals surface area contributed by atoms with E-state index in [1.807, 2.05) is 31.2 Å². The average Bonchev–Trinajstić information content (AvgIpc) is 2.62. The van der Waals surface area contributed by atoms with Crippen LogP contribution in [0.3, 0.4) is 0 Å². The summed E-state index contributed by atoms with van der Waals surface area (Å²) in [6.45, 7) is 2.36. The van der Waals surface area contributed by atoms with Crippen LogP contribution in [0.4, 0.5) is 0 Å². The molecule has 0 unspecified atom stereocenters. The predicted molar refractivity (Wildman–Crippen MR) is 99.1 cm³/mol. The standard InChI is InChI=1S/C21H20N2O3/c1-3-11-23(13-15-9-7-14(2)8-10-15)21(26)17-12-16-18(22-20(17)25)5-4-6-19(16)24/h1,7-10,12H,4-6,11,13H2,2H3,(H,22,25). The number of fused-ring (bicyclic) bond motifs is 1. The minimum Gasteiger partial charge on any atom is -0.325 e. The Hall–Kier alpha value is -3.13. The number of nitrogens with zero attached hydrogens (tertiary/aromatic N) is 1. The fourth-order valence-corrected chi connectivity index (χ4v) is 3.13. The lowest BCUT2D eigenvalue weighted by Crippen LogP contribution is -2.36. The maximum atomic E-state index is 12.9. The Balaban J connectivity index is 1.93. The quantitative estimate of drug-likeness (QED) is 0.863. The number of amides is 1. The molecule has 1 N–H and O–H groups in total. The molecule has 0 saturated carbocycles. The maximum Gasteiger partial charge on any atom is 0.261 e. The number of pyridine rings is 1. The number of hydrogen-bond donors (Lipinski definition) is 1. The van der Waals surface area contributed by atoms with E-state index in [0.29, 0.717) is 37.1 Å². The summed E-state index contributed by atoms with van der Waals surface area (Å²) in [5, 5.41) is 0. The molecule has 5 heteroatoms. The first-order valence-electron chi connectivity index (χ1n) is 8.57. The number of carbonyl (C=O) groups excluding carboxylic acids is 2. The molecule has 1 aromatic carbocycles. The zero-order chi connectivity index (χ0) is 18.7. The Bertz CT molecular complexity index is 949. The molecule has 0 atom stereocenters. The maximum absolute atomic E-state index is 12.9. The number of aromatic amines is 1. The Morgan fingerprint density at radius 1 is 1.23 bits per heavy atom. The van der Waals surface area contributed by atoms with Crippen molar-refractivity contribution in [2.24, 2.45) is 0 Å². The van der Waals surface area contributed by atoms with Gasteiger partial charge in [0.1, 0.15) is 5.56 Å². The van der Waals surface area contributed by atoms with Gasteiger partial charge in [-0.05, 0) is 31.4 Å². The van der Waals surface area contributed by atoms with E-state index in [1.165, 1.54) is 11.0 Å². The van der Waals surface area contributed by atoms with E-state index in [1.54, 1.807) is 0 Å². The fraction of sp³-hybridized carbons (Fsp3) is 0.286. The molecule has 2 aromatic rings. The van der Waals surface area contributed by atoms with Gasteiger partial charge < -0.3 is 9.88 Å². The van der Waals surface area contributed by atoms with Crippen LogP contribution in [0.5, 0.6) is 0 Å². The topological polar surface area (TPSA) is 70.2 Å². The Morgan fingerprint density at radius 2 is 1.96 bits per heavy atom. The molecule has 1 amide bonds. The lowest BCUT2D eigenvalue weighted by molar-refractivity contribution is 0.0764. The highest BCUT2D eigenvalue weighted by atomic mass is 16.2. The highest BCUT2D eigenvalue weighted by Crippen LogP contribution is 2.19. The van der Waals surface area contributed by atoms with Crippen LogP contribution in [0.1, 0.15) is 50.4 Å². The van der Waals surface area contributed by atoms with Crippen LogP contribution in [-0.2, 0) is 13.0 Å². The SMILES string of the molecule is C#CCN(Cc1ccc(C)cc1)C(=O)c1cc2c([nH]c1=O)CCCC2=O. The van der Waals surface area contributed by atoms with Gasteiger partial charge in [0, 0.05) is 24.2 Å². The van der Waals surface area contributed by atoms with Crippen LogP contribution < -0.4 is 5.56 Å². The molecule has 0 aliphatic heterocycles. The Morgan fingerprint density at radius 3 is 2.65 bits per heavy atom. The Labute approximate surface area is 152 Å². The minimum absolute atomic E-state index is 0.0404. The molecule has 0 bridgehead atoms. The van der Waals surface area contributed by atoms with Crippen LogP contribution in [0, 0.1) is 19.3 Å². The number of aryl methyl sites for hydroxylation is 2. The molecule has 0 fully saturated rings. The number of aromatic nitrogens is 1. The third-order valence-electron chi connectivity index (χ3n) is 4.55. The second-order valence-corrected chi connectivity index (χ2v) is 6.53. The smallest absolute Gasteiger partial charge is 0.261 e. The van der Waals surface area contributed by atoms with Crippen molar-refractivity contribution >= 4 is 11.7 Å². The van der Waals surface area contributed by atoms with E-state index in [0.717, 1.165) is 11.1 Å². The number of nitrogens with one attached hydrogen (secondary N) is 1. The molecule has 0 radical (unpaired) electrons. The third-order valence-corrected chi connectivity index (χ3v) is 4.55. The Kier molecular flexibility index (Phi) is 5.04. The van der Waals surface area contributed by atoms with Crippen LogP contribution in [0.25, 0.3) is 0 Å². The van der Waals surface area contributed by atoms with Gasteiger partial charge in [-0.3, -0.25) is 14.4 Å². The summed E-state index contributed by atoms with van der Waals surface area (Å²) < 4.78 is 0. The molecule has 1 heterocycles. The number of terminal acetylenes is 1. The van der Waals surface area contributed by atoms with Crippen LogP contribution >= 0.6 is 0 Å². The highest BCUT2D eigenvalue weighted by Gasteiger charge is 2.24. The van der Waals surface area contributed by atoms with Gasteiger partial charge in [0.25, 0.3) is 11.5 Å². The second-order valence-electron chi connectivity index (χ2n) is 6.53. The van der Waals surface area contributed by atoms with Crippen molar-refractivity contribution in [1.29, 1.82) is 0 Å². The van der Waals surface area contributed by atoms with Gasteiger partial charge in [-0.25, -0.2) is 0 Å². The number of carbonyl (C=O) groups is 2. The number of Topliss-reactive ketones (excluding diaryl/α,β-unsaturated/α-hetero) is 1. The number of ketones is 1. The van der Waals surface area contributed by atoms with Crippen molar-refractivity contribution in [1.82, 2.24) is 9.88 Å². The van der Waals surface area contributed by atoms with E-state index in [4.69, 9.17) is 6.42 Å². The predicted octanol–water partition coefficient (Wildman–Crippen LogP) is 2.48. The molecule has 5 nitrogen and oxygen atoms in total. The van der Waals surface area contributed by atoms with Crippen molar-refractivity contribution in [3.63, 3.8) is 0 Å². The average molecular weight is 348 g/mol. The van der Waals surface area contributed by atoms with Gasteiger partial charge in [0.05, 0.1) is 6.54 Å². The molecule has 0 saturated heterocycles. The van der Waals surface area contributed by atoms with Crippen LogP contribution in [0.2, 0.25) is 0 Å². The third kappa shape index (κ3) is 3.60. The van der Waals surface area contributed by atoms with Gasteiger partial charge in [-0.15, -0.1) is 6.42 Å². The molecule has 1 aromatic heterocycles. The van der Waals surface area contributed by atoms with E-state index in [9.17, 15) is 14.4 Å². The van der Waals surface area contributed by atoms with Crippen molar-refractivity contribution in [3.8, 4) is 12.3 Å². The monoisotopic (exact) mass is 348 g/mol. The summed E-state index contributed by atoms with van der Waals surface area (Å²) in [5.74, 6) is 1.96. The first kappa shape index (κ1) is 17.7. The van der Waals surface area contributed by atoms with Crippen LogP contribution in [0.15, 0.2) is 35.1 Å². The van der Waals surface area contributed by atoms with Crippen molar-refractivity contribution in [3.05, 3.63) is 68.6 Å². The number of hydrogen-bond acceptors (Lipinski definition) is 3. The van der Waals surface area contributed by atoms with E-state index < -0.39 is 11.5 Å². The van der Waals surface area contributed by atoms with Crippen LogP contribution in [-0.4, -0.2) is 28.1 Å². The summed E-state index contributed by atoms with van der Waals surface area (Å²) >= 11 is 0. The summed E-state index contributed by atoms with van der Waals surface area (Å²) in [5.41, 5.74) is 2.58. The first-order chi connectivity index (χ1) is 12.5. The molecule has 1 aliphatic rings. The number of H-pyrrole nitrogens is 1. The van der Waals surface area contributed by atoms with Gasteiger partial charge in [0.2, 0.25) is 0 Å². The lowest BCUT2D eigenvalue weighted by Gasteiger charge is -2.21. The van der Waals surface area contributed by atoms with Gasteiger partial charge in [-0.1, -0.05) is 35.7 Å². The zero-order valence-electron chi connectivity index (χ0n) is 14.7. The van der Waals surface area contributed by atoms with Crippen molar-refractivity contribution < 1.29 is 9.59 Å². The molecular formula is C21H20N2O3. The number of rotatable bonds is 4. The minimum atomic E-state index is -0.477. The lowest BCUT2D eigenvalue weighted by atomic mass is 9.93. The van der Waals surface area contributed by atoms with E-state index in [-0.39, 0.29) is 17.9 Å². The number of benzene rings is 1. The second kappa shape index (κ2) is 7.40. The van der Waals surface area contributed by atoms with Crippen molar-refractivity contribution in [2.45, 2.75) is 32.7 Å². The van der Waals surface area contributed by atoms with E-state index >= 15 is 0 Å². The summed E-state index contributed by atoms with van der Waals surface area (Å²) in [6, 6.07) is 9.19. The van der Waals surface area contributed by atoms with Crippen molar-refractivity contribution in [2.75, 3.05) is 6.54 Å². The zero-order valence-corrected chi connectivity index (χ0v) is 14.7. The van der Waals surface area contributed by atoms with E-state index in [2.05, 4.69) is 10.9 Å². The fourth-order valence-electron chi connectivity index (χ4n) is 3.13. The highest BCUT2D eigenvalue weighted by molar-refractivity contribution is 6.01. The summed E-state index contributed by atoms with van der Waals surface area (Å²) in [6.07, 6.45) is 7.20. The molecule has 0 spiro atoms. The molecule has 3 rings (SSSR count). The van der Waals surface area contributed by atoms with Gasteiger partial charge in [0.15, 0.2) is 5.78 Å². The normalized spacial score (nSPS) is 13.0.